The van der Waals surface area contributed by atoms with Crippen LogP contribution in [0.5, 0.6) is 0 Å². The highest BCUT2D eigenvalue weighted by atomic mass is 19.4. The molecule has 0 aromatic heterocycles. The Kier molecular flexibility index (Phi) is 7.18. The van der Waals surface area contributed by atoms with Gasteiger partial charge in [0.15, 0.2) is 0 Å². The highest BCUT2D eigenvalue weighted by Gasteiger charge is 2.64. The van der Waals surface area contributed by atoms with Crippen molar-refractivity contribution in [1.82, 2.24) is 0 Å². The van der Waals surface area contributed by atoms with E-state index in [0.29, 0.717) is 0 Å². The van der Waals surface area contributed by atoms with Crippen LogP contribution in [-0.4, -0.2) is 32.3 Å². The van der Waals surface area contributed by atoms with Crippen molar-refractivity contribution >= 4 is 11.9 Å². The Morgan fingerprint density at radius 1 is 0.758 bits per heavy atom. The van der Waals surface area contributed by atoms with Crippen molar-refractivity contribution in [2.75, 3.05) is 14.2 Å². The molecule has 8 heteroatoms. The van der Waals surface area contributed by atoms with Gasteiger partial charge in [0.1, 0.15) is 0 Å². The Labute approximate surface area is 188 Å². The molecule has 0 amide bonds. The first-order valence-electron chi connectivity index (χ1n) is 9.86. The molecule has 2 atom stereocenters. The summed E-state index contributed by atoms with van der Waals surface area (Å²) >= 11 is 0. The first-order valence-corrected chi connectivity index (χ1v) is 9.86. The lowest BCUT2D eigenvalue weighted by Gasteiger charge is -2.33. The summed E-state index contributed by atoms with van der Waals surface area (Å²) in [4.78, 5) is 25.3. The molecule has 33 heavy (non-hydrogen) atoms. The zero-order valence-corrected chi connectivity index (χ0v) is 17.8. The van der Waals surface area contributed by atoms with Crippen LogP contribution in [0.25, 0.3) is 11.1 Å². The summed E-state index contributed by atoms with van der Waals surface area (Å²) in [5.41, 5.74) is -2.05. The molecule has 0 unspecified atom stereocenters. The topological polar surface area (TPSA) is 61.8 Å². The molecular formula is C25H21F3O5. The van der Waals surface area contributed by atoms with Crippen molar-refractivity contribution in [3.63, 3.8) is 0 Å². The molecule has 3 aromatic carbocycles. The second-order valence-corrected chi connectivity index (χ2v) is 7.05. The van der Waals surface area contributed by atoms with E-state index in [-0.39, 0.29) is 5.56 Å². The Morgan fingerprint density at radius 3 is 1.76 bits per heavy atom. The van der Waals surface area contributed by atoms with E-state index in [1.807, 2.05) is 30.3 Å². The third-order valence-electron chi connectivity index (χ3n) is 5.13. The van der Waals surface area contributed by atoms with E-state index in [1.54, 1.807) is 12.1 Å². The van der Waals surface area contributed by atoms with Gasteiger partial charge in [0.05, 0.1) is 7.11 Å². The molecule has 0 fully saturated rings. The minimum Gasteiger partial charge on any atom is -0.466 e. The predicted molar refractivity (Wildman–Crippen MR) is 114 cm³/mol. The van der Waals surface area contributed by atoms with E-state index in [2.05, 4.69) is 4.74 Å². The molecule has 5 nitrogen and oxygen atoms in total. The van der Waals surface area contributed by atoms with Gasteiger partial charge in [-0.25, -0.2) is 9.59 Å². The number of halogens is 3. The quantitative estimate of drug-likeness (QED) is 0.455. The lowest BCUT2D eigenvalue weighted by Crippen LogP contribution is -2.52. The number of hydrogen-bond donors (Lipinski definition) is 0. The fourth-order valence-electron chi connectivity index (χ4n) is 3.42. The minimum absolute atomic E-state index is 0.148. The van der Waals surface area contributed by atoms with Crippen LogP contribution < -0.4 is 0 Å². The number of methoxy groups -OCH3 is 2. The molecule has 0 aliphatic rings. The van der Waals surface area contributed by atoms with E-state index in [0.717, 1.165) is 37.5 Å². The number of alkyl halides is 3. The summed E-state index contributed by atoms with van der Waals surface area (Å²) in [6.45, 7) is 0. The molecule has 0 radical (unpaired) electrons. The Hall–Kier alpha value is -3.65. The average molecular weight is 458 g/mol. The molecule has 0 saturated carbocycles. The number of ether oxygens (including phenoxy) is 3. The van der Waals surface area contributed by atoms with Gasteiger partial charge in [-0.15, -0.1) is 0 Å². The summed E-state index contributed by atoms with van der Waals surface area (Å²) in [7, 11) is 1.80. The fourth-order valence-corrected chi connectivity index (χ4v) is 3.42. The van der Waals surface area contributed by atoms with Crippen LogP contribution in [0.2, 0.25) is 0 Å². The van der Waals surface area contributed by atoms with Crippen molar-refractivity contribution in [2.24, 2.45) is 0 Å². The standard InChI is InChI=1S/C25H21F3O5/c1-31-22(29)21(19-15-13-18(14-16-19)17-9-5-3-6-10-17)33-23(30)24(32-2,25(26,27)28)20-11-7-4-8-12-20/h3-16,21H,1-2H3/t21-,24-/m1/s1. The molecule has 0 aliphatic heterocycles. The molecule has 0 saturated heterocycles. The smallest absolute Gasteiger partial charge is 0.432 e. The van der Waals surface area contributed by atoms with Gasteiger partial charge in [-0.05, 0) is 11.1 Å². The zero-order valence-electron chi connectivity index (χ0n) is 17.8. The number of benzene rings is 3. The monoisotopic (exact) mass is 458 g/mol. The largest absolute Gasteiger partial charge is 0.466 e. The van der Waals surface area contributed by atoms with E-state index in [9.17, 15) is 22.8 Å². The van der Waals surface area contributed by atoms with E-state index in [1.165, 1.54) is 30.3 Å². The predicted octanol–water partition coefficient (Wildman–Crippen LogP) is 5.22. The summed E-state index contributed by atoms with van der Waals surface area (Å²) < 4.78 is 57.0. The number of rotatable bonds is 7. The van der Waals surface area contributed by atoms with Crippen molar-refractivity contribution < 1.29 is 37.0 Å². The maximum absolute atomic E-state index is 14.1. The molecule has 0 N–H and O–H groups in total. The number of carbonyl (C=O) groups is 2. The Bertz CT molecular complexity index is 1080. The molecule has 0 bridgehead atoms. The van der Waals surface area contributed by atoms with Crippen LogP contribution in [0.4, 0.5) is 13.2 Å². The Balaban J connectivity index is 1.98. The maximum Gasteiger partial charge on any atom is 0.432 e. The van der Waals surface area contributed by atoms with Crippen molar-refractivity contribution in [2.45, 2.75) is 17.9 Å². The van der Waals surface area contributed by atoms with Gasteiger partial charge in [-0.3, -0.25) is 0 Å². The van der Waals surface area contributed by atoms with Gasteiger partial charge >= 0.3 is 18.1 Å². The number of esters is 2. The lowest BCUT2D eigenvalue weighted by atomic mass is 9.92. The second kappa shape index (κ2) is 9.87. The van der Waals surface area contributed by atoms with Crippen molar-refractivity contribution in [1.29, 1.82) is 0 Å². The number of carbonyl (C=O) groups excluding carboxylic acids is 2. The summed E-state index contributed by atoms with van der Waals surface area (Å²) in [6, 6.07) is 22.0. The molecule has 0 heterocycles. The van der Waals surface area contributed by atoms with Crippen molar-refractivity contribution in [3.05, 3.63) is 96.1 Å². The van der Waals surface area contributed by atoms with Gasteiger partial charge < -0.3 is 14.2 Å². The van der Waals surface area contributed by atoms with E-state index >= 15 is 0 Å². The van der Waals surface area contributed by atoms with Gasteiger partial charge in [0, 0.05) is 18.2 Å². The molecular weight excluding hydrogens is 437 g/mol. The van der Waals surface area contributed by atoms with E-state index < -0.39 is 35.4 Å². The maximum atomic E-state index is 14.1. The third-order valence-corrected chi connectivity index (χ3v) is 5.13. The third kappa shape index (κ3) is 4.75. The van der Waals surface area contributed by atoms with Crippen LogP contribution in [0, 0.1) is 0 Å². The van der Waals surface area contributed by atoms with Gasteiger partial charge in [0.2, 0.25) is 6.10 Å². The lowest BCUT2D eigenvalue weighted by molar-refractivity contribution is -0.278. The van der Waals surface area contributed by atoms with Crippen LogP contribution in [0.15, 0.2) is 84.9 Å². The van der Waals surface area contributed by atoms with Crippen LogP contribution in [0.1, 0.15) is 17.2 Å². The molecule has 3 rings (SSSR count). The van der Waals surface area contributed by atoms with Gasteiger partial charge in [0.25, 0.3) is 5.60 Å². The van der Waals surface area contributed by atoms with Crippen LogP contribution >= 0.6 is 0 Å². The van der Waals surface area contributed by atoms with Gasteiger partial charge in [-0.2, -0.15) is 13.2 Å². The highest BCUT2D eigenvalue weighted by Crippen LogP contribution is 2.44. The SMILES string of the molecule is COC(=O)[C@H](OC(=O)[C@](OC)(c1ccccc1)C(F)(F)F)c1ccc(-c2ccccc2)cc1. The first kappa shape index (κ1) is 24.0. The van der Waals surface area contributed by atoms with Gasteiger partial charge in [-0.1, -0.05) is 84.9 Å². The molecule has 3 aromatic rings. The molecule has 0 aliphatic carbocycles. The van der Waals surface area contributed by atoms with Crippen LogP contribution in [0.3, 0.4) is 0 Å². The summed E-state index contributed by atoms with van der Waals surface area (Å²) in [5.74, 6) is -2.82. The highest BCUT2D eigenvalue weighted by molar-refractivity contribution is 5.86. The summed E-state index contributed by atoms with van der Waals surface area (Å²) in [5, 5.41) is 0. The first-order chi connectivity index (χ1) is 15.7. The van der Waals surface area contributed by atoms with E-state index in [4.69, 9.17) is 9.47 Å². The normalized spacial score (nSPS) is 14.1. The Morgan fingerprint density at radius 2 is 1.27 bits per heavy atom. The second-order valence-electron chi connectivity index (χ2n) is 7.05. The zero-order chi connectivity index (χ0) is 24.1. The fraction of sp³-hybridized carbons (Fsp3) is 0.200. The van der Waals surface area contributed by atoms with Crippen molar-refractivity contribution in [3.8, 4) is 11.1 Å². The molecule has 0 spiro atoms. The average Bonchev–Trinajstić information content (AvgIpc) is 2.83. The summed E-state index contributed by atoms with van der Waals surface area (Å²) in [6.07, 6.45) is -6.90. The van der Waals surface area contributed by atoms with Crippen LogP contribution in [-0.2, 0) is 29.4 Å². The molecule has 172 valence electrons. The minimum atomic E-state index is -5.17. The number of hydrogen-bond acceptors (Lipinski definition) is 5.